The minimum absolute atomic E-state index is 0.0714. The van der Waals surface area contributed by atoms with E-state index in [9.17, 15) is 4.79 Å². The van der Waals surface area contributed by atoms with E-state index in [1.807, 2.05) is 30.3 Å². The standard InChI is InChI=1S/C17H19ClO/c1-3-4-6-9-16(13-12-14(2)18)17(19)15-10-7-5-8-11-15/h5,7-8,10-11,16H,2-4,6,9H2,1H3. The van der Waals surface area contributed by atoms with E-state index in [1.54, 1.807) is 0 Å². The molecule has 1 aromatic carbocycles. The van der Waals surface area contributed by atoms with Gasteiger partial charge >= 0.3 is 0 Å². The predicted molar refractivity (Wildman–Crippen MR) is 81.2 cm³/mol. The van der Waals surface area contributed by atoms with Crippen LogP contribution < -0.4 is 0 Å². The molecule has 0 aliphatic heterocycles. The Kier molecular flexibility index (Phi) is 7.00. The zero-order valence-electron chi connectivity index (χ0n) is 11.3. The van der Waals surface area contributed by atoms with Crippen molar-refractivity contribution < 1.29 is 4.79 Å². The maximum Gasteiger partial charge on any atom is 0.177 e. The fraction of sp³-hybridized carbons (Fsp3) is 0.353. The molecule has 2 heteroatoms. The smallest absolute Gasteiger partial charge is 0.177 e. The Balaban J connectivity index is 2.81. The summed E-state index contributed by atoms with van der Waals surface area (Å²) in [5.74, 6) is 5.45. The van der Waals surface area contributed by atoms with Gasteiger partial charge in [0.2, 0.25) is 0 Å². The maximum atomic E-state index is 12.4. The summed E-state index contributed by atoms with van der Waals surface area (Å²) in [4.78, 5) is 12.4. The van der Waals surface area contributed by atoms with E-state index in [0.29, 0.717) is 5.56 Å². The number of hydrogen-bond donors (Lipinski definition) is 0. The van der Waals surface area contributed by atoms with Crippen molar-refractivity contribution in [3.63, 3.8) is 0 Å². The van der Waals surface area contributed by atoms with Gasteiger partial charge < -0.3 is 0 Å². The van der Waals surface area contributed by atoms with Gasteiger partial charge in [0.25, 0.3) is 0 Å². The Labute approximate surface area is 120 Å². The van der Waals surface area contributed by atoms with Gasteiger partial charge in [0.15, 0.2) is 5.78 Å². The summed E-state index contributed by atoms with van der Waals surface area (Å²) in [5, 5.41) is 0.279. The first-order valence-corrected chi connectivity index (χ1v) is 6.98. The van der Waals surface area contributed by atoms with Crippen LogP contribution in [0.25, 0.3) is 0 Å². The number of allylic oxidation sites excluding steroid dienone is 1. The van der Waals surface area contributed by atoms with Gasteiger partial charge in [-0.2, -0.15) is 0 Å². The summed E-state index contributed by atoms with van der Waals surface area (Å²) < 4.78 is 0. The number of benzene rings is 1. The van der Waals surface area contributed by atoms with Crippen LogP contribution in [0, 0.1) is 17.8 Å². The van der Waals surface area contributed by atoms with Gasteiger partial charge in [0.1, 0.15) is 0 Å². The van der Waals surface area contributed by atoms with Gasteiger partial charge in [-0.3, -0.25) is 4.79 Å². The van der Waals surface area contributed by atoms with E-state index >= 15 is 0 Å². The number of halogens is 1. The van der Waals surface area contributed by atoms with E-state index in [2.05, 4.69) is 25.3 Å². The van der Waals surface area contributed by atoms with E-state index in [4.69, 9.17) is 11.6 Å². The van der Waals surface area contributed by atoms with Gasteiger partial charge in [-0.15, -0.1) is 0 Å². The third kappa shape index (κ3) is 5.77. The van der Waals surface area contributed by atoms with Crippen molar-refractivity contribution >= 4 is 17.4 Å². The largest absolute Gasteiger partial charge is 0.293 e. The number of Topliss-reactive ketones (excluding diaryl/α,β-unsaturated/α-hetero) is 1. The van der Waals surface area contributed by atoms with Crippen molar-refractivity contribution in [2.45, 2.75) is 32.6 Å². The summed E-state index contributed by atoms with van der Waals surface area (Å²) in [6.45, 7) is 5.68. The van der Waals surface area contributed by atoms with Crippen molar-refractivity contribution in [3.05, 3.63) is 47.5 Å². The Morgan fingerprint density at radius 3 is 2.58 bits per heavy atom. The van der Waals surface area contributed by atoms with Gasteiger partial charge in [0.05, 0.1) is 11.0 Å². The highest BCUT2D eigenvalue weighted by atomic mass is 35.5. The Hall–Kier alpha value is -1.52. The molecule has 0 saturated heterocycles. The molecule has 100 valence electrons. The molecule has 1 atom stereocenters. The van der Waals surface area contributed by atoms with Crippen LogP contribution in [0.4, 0.5) is 0 Å². The number of unbranched alkanes of at least 4 members (excludes halogenated alkanes) is 2. The first kappa shape index (κ1) is 15.5. The van der Waals surface area contributed by atoms with Crippen molar-refractivity contribution in [2.24, 2.45) is 5.92 Å². The Bertz CT molecular complexity index is 479. The fourth-order valence-electron chi connectivity index (χ4n) is 1.84. The summed E-state index contributed by atoms with van der Waals surface area (Å²) >= 11 is 5.65. The predicted octanol–water partition coefficient (Wildman–Crippen LogP) is 4.82. The van der Waals surface area contributed by atoms with Crippen LogP contribution in [-0.4, -0.2) is 5.78 Å². The lowest BCUT2D eigenvalue weighted by Gasteiger charge is -2.09. The van der Waals surface area contributed by atoms with Crippen molar-refractivity contribution in [3.8, 4) is 11.8 Å². The number of ketones is 1. The highest BCUT2D eigenvalue weighted by Gasteiger charge is 2.17. The lowest BCUT2D eigenvalue weighted by molar-refractivity contribution is 0.0943. The van der Waals surface area contributed by atoms with Crippen molar-refractivity contribution in [1.82, 2.24) is 0 Å². The van der Waals surface area contributed by atoms with E-state index in [0.717, 1.165) is 25.7 Å². The molecule has 0 radical (unpaired) electrons. The SMILES string of the molecule is C=C(Cl)C#CC(CCCCC)C(=O)c1ccccc1. The lowest BCUT2D eigenvalue weighted by Crippen LogP contribution is -2.13. The molecule has 19 heavy (non-hydrogen) atoms. The summed E-state index contributed by atoms with van der Waals surface area (Å²) in [6.07, 6.45) is 4.02. The molecule has 1 unspecified atom stereocenters. The lowest BCUT2D eigenvalue weighted by atomic mass is 9.93. The highest BCUT2D eigenvalue weighted by Crippen LogP contribution is 2.16. The molecule has 1 aromatic rings. The molecule has 0 saturated carbocycles. The van der Waals surface area contributed by atoms with Crippen LogP contribution in [0.15, 0.2) is 41.9 Å². The fourth-order valence-corrected chi connectivity index (χ4v) is 1.89. The number of hydrogen-bond acceptors (Lipinski definition) is 1. The van der Waals surface area contributed by atoms with Gasteiger partial charge in [-0.05, 0) is 6.42 Å². The first-order valence-electron chi connectivity index (χ1n) is 6.60. The normalized spacial score (nSPS) is 11.3. The monoisotopic (exact) mass is 274 g/mol. The quantitative estimate of drug-likeness (QED) is 0.413. The molecule has 1 rings (SSSR count). The first-order chi connectivity index (χ1) is 9.15. The number of rotatable bonds is 6. The topological polar surface area (TPSA) is 17.1 Å². The van der Waals surface area contributed by atoms with Crippen molar-refractivity contribution in [2.75, 3.05) is 0 Å². The van der Waals surface area contributed by atoms with Crippen LogP contribution in [0.3, 0.4) is 0 Å². The zero-order valence-corrected chi connectivity index (χ0v) is 12.0. The molecule has 0 N–H and O–H groups in total. The van der Waals surface area contributed by atoms with Crippen molar-refractivity contribution in [1.29, 1.82) is 0 Å². The van der Waals surface area contributed by atoms with Crippen LogP contribution in [0.5, 0.6) is 0 Å². The van der Waals surface area contributed by atoms with Gasteiger partial charge in [-0.1, -0.05) is 86.5 Å². The molecule has 0 spiro atoms. The second-order valence-electron chi connectivity index (χ2n) is 4.45. The molecular weight excluding hydrogens is 256 g/mol. The van der Waals surface area contributed by atoms with Crippen LogP contribution in [-0.2, 0) is 0 Å². The average molecular weight is 275 g/mol. The second-order valence-corrected chi connectivity index (χ2v) is 4.91. The molecule has 0 heterocycles. The molecule has 1 nitrogen and oxygen atoms in total. The summed E-state index contributed by atoms with van der Waals surface area (Å²) in [5.41, 5.74) is 0.707. The summed E-state index contributed by atoms with van der Waals surface area (Å²) in [7, 11) is 0. The Morgan fingerprint density at radius 1 is 1.32 bits per heavy atom. The van der Waals surface area contributed by atoms with E-state index in [1.165, 1.54) is 0 Å². The molecule has 0 fully saturated rings. The number of carbonyl (C=O) groups excluding carboxylic acids is 1. The molecule has 0 aliphatic rings. The van der Waals surface area contributed by atoms with Crippen LogP contribution in [0.1, 0.15) is 43.0 Å². The molecule has 0 aromatic heterocycles. The molecule has 0 amide bonds. The summed E-state index contributed by atoms with van der Waals surface area (Å²) in [6, 6.07) is 9.28. The van der Waals surface area contributed by atoms with Crippen LogP contribution in [0.2, 0.25) is 0 Å². The number of carbonyl (C=O) groups is 1. The Morgan fingerprint density at radius 2 is 2.00 bits per heavy atom. The van der Waals surface area contributed by atoms with E-state index in [-0.39, 0.29) is 16.7 Å². The molecular formula is C17H19ClO. The third-order valence-corrected chi connectivity index (χ3v) is 2.95. The van der Waals surface area contributed by atoms with Gasteiger partial charge in [-0.25, -0.2) is 0 Å². The molecule has 0 bridgehead atoms. The maximum absolute atomic E-state index is 12.4. The van der Waals surface area contributed by atoms with Gasteiger partial charge in [0, 0.05) is 5.56 Å². The minimum Gasteiger partial charge on any atom is -0.293 e. The zero-order chi connectivity index (χ0) is 14.1. The van der Waals surface area contributed by atoms with E-state index < -0.39 is 0 Å². The minimum atomic E-state index is -0.288. The third-order valence-electron chi connectivity index (χ3n) is 2.85. The molecule has 0 aliphatic carbocycles. The average Bonchev–Trinajstić information content (AvgIpc) is 2.42. The van der Waals surface area contributed by atoms with Crippen LogP contribution >= 0.6 is 11.6 Å². The highest BCUT2D eigenvalue weighted by molar-refractivity contribution is 6.31. The second kappa shape index (κ2) is 8.56.